The van der Waals surface area contributed by atoms with Crippen LogP contribution in [-0.4, -0.2) is 103 Å². The van der Waals surface area contributed by atoms with Crippen molar-refractivity contribution in [1.29, 1.82) is 0 Å². The molecule has 192 valence electrons. The highest BCUT2D eigenvalue weighted by Gasteiger charge is 2.09. The van der Waals surface area contributed by atoms with Gasteiger partial charge >= 0.3 is 6.01 Å². The molecule has 0 fully saturated rings. The first-order chi connectivity index (χ1) is 16.2. The van der Waals surface area contributed by atoms with Crippen LogP contribution in [0.1, 0.15) is 44.9 Å². The van der Waals surface area contributed by atoms with Gasteiger partial charge in [-0.1, -0.05) is 13.3 Å². The Balaban J connectivity index is 2.19. The van der Waals surface area contributed by atoms with Crippen LogP contribution in [0.15, 0.2) is 0 Å². The summed E-state index contributed by atoms with van der Waals surface area (Å²) in [4.78, 5) is 12.6. The van der Waals surface area contributed by atoms with E-state index in [4.69, 9.17) is 40.8 Å². The molecule has 1 rings (SSSR count). The highest BCUT2D eigenvalue weighted by Crippen LogP contribution is 2.37. The maximum atomic E-state index is 9.10. The Bertz CT molecular complexity index is 583. The SMILES string of the molecule is CCCCP(CCCO)CCCOc1nc(Cl)nc(CCCOCCOCCOCCO)n1. The van der Waals surface area contributed by atoms with Crippen LogP contribution < -0.4 is 4.74 Å². The lowest BCUT2D eigenvalue weighted by molar-refractivity contribution is 0.00739. The Labute approximate surface area is 204 Å². The van der Waals surface area contributed by atoms with E-state index in [0.717, 1.165) is 31.6 Å². The van der Waals surface area contributed by atoms with E-state index in [0.29, 0.717) is 58.5 Å². The Morgan fingerprint density at radius 2 is 1.39 bits per heavy atom. The van der Waals surface area contributed by atoms with Gasteiger partial charge < -0.3 is 29.2 Å². The summed E-state index contributed by atoms with van der Waals surface area (Å²) in [6, 6.07) is 0.274. The normalized spacial score (nSPS) is 12.2. The van der Waals surface area contributed by atoms with Crippen LogP contribution in [0.2, 0.25) is 5.28 Å². The molecule has 1 atom stereocenters. The van der Waals surface area contributed by atoms with Gasteiger partial charge in [-0.15, -0.1) is 7.92 Å². The zero-order valence-corrected chi connectivity index (χ0v) is 21.6. The first kappa shape index (κ1) is 30.4. The predicted molar refractivity (Wildman–Crippen MR) is 131 cm³/mol. The van der Waals surface area contributed by atoms with Crippen molar-refractivity contribution in [3.8, 4) is 6.01 Å². The molecule has 0 bridgehead atoms. The first-order valence-corrected chi connectivity index (χ1v) is 14.2. The maximum absolute atomic E-state index is 9.10. The number of hydrogen-bond acceptors (Lipinski definition) is 9. The molecule has 1 unspecified atom stereocenters. The Hall–Kier alpha value is -0.670. The molecule has 33 heavy (non-hydrogen) atoms. The van der Waals surface area contributed by atoms with E-state index in [1.165, 1.54) is 19.0 Å². The molecule has 1 aromatic rings. The molecule has 1 aromatic heterocycles. The molecule has 9 nitrogen and oxygen atoms in total. The summed E-state index contributed by atoms with van der Waals surface area (Å²) in [7, 11) is -0.0426. The Morgan fingerprint density at radius 3 is 2.09 bits per heavy atom. The van der Waals surface area contributed by atoms with Crippen molar-refractivity contribution in [2.24, 2.45) is 0 Å². The van der Waals surface area contributed by atoms with Crippen molar-refractivity contribution in [3.63, 3.8) is 0 Å². The van der Waals surface area contributed by atoms with E-state index in [2.05, 4.69) is 21.9 Å². The second-order valence-electron chi connectivity index (χ2n) is 7.44. The number of aromatic nitrogens is 3. The van der Waals surface area contributed by atoms with E-state index in [-0.39, 0.29) is 32.4 Å². The molecule has 11 heteroatoms. The molecule has 0 radical (unpaired) electrons. The minimum Gasteiger partial charge on any atom is -0.463 e. The van der Waals surface area contributed by atoms with Gasteiger partial charge in [-0.25, -0.2) is 4.98 Å². The minimum atomic E-state index is -0.0426. The number of aryl methyl sites for hydroxylation is 1. The van der Waals surface area contributed by atoms with Gasteiger partial charge in [-0.3, -0.25) is 0 Å². The van der Waals surface area contributed by atoms with Crippen LogP contribution in [-0.2, 0) is 20.6 Å². The van der Waals surface area contributed by atoms with Gasteiger partial charge in [0, 0.05) is 19.6 Å². The van der Waals surface area contributed by atoms with E-state index in [1.807, 2.05) is 0 Å². The van der Waals surface area contributed by atoms with Crippen molar-refractivity contribution < 1.29 is 29.2 Å². The quantitative estimate of drug-likeness (QED) is 0.170. The van der Waals surface area contributed by atoms with Crippen LogP contribution in [0.4, 0.5) is 0 Å². The summed E-state index contributed by atoms with van der Waals surface area (Å²) in [5.41, 5.74) is 0. The van der Waals surface area contributed by atoms with Crippen molar-refractivity contribution in [2.75, 3.05) is 77.9 Å². The third kappa shape index (κ3) is 17.4. The molecule has 0 amide bonds. The van der Waals surface area contributed by atoms with Crippen molar-refractivity contribution in [3.05, 3.63) is 11.1 Å². The van der Waals surface area contributed by atoms with Crippen LogP contribution in [0, 0.1) is 0 Å². The number of rotatable bonds is 23. The Morgan fingerprint density at radius 1 is 0.727 bits per heavy atom. The molecule has 0 aliphatic heterocycles. The molecule has 1 heterocycles. The first-order valence-electron chi connectivity index (χ1n) is 11.9. The van der Waals surface area contributed by atoms with Crippen molar-refractivity contribution >= 4 is 19.5 Å². The van der Waals surface area contributed by atoms with Crippen LogP contribution in [0.5, 0.6) is 6.01 Å². The number of aliphatic hydroxyl groups excluding tert-OH is 2. The second-order valence-corrected chi connectivity index (χ2v) is 10.5. The standard InChI is InChI=1S/C22H41ClN3O6P/c1-2-3-17-33(18-5-8-27)19-6-11-32-22-25-20(24-21(23)26-22)7-4-10-29-13-15-31-16-14-30-12-9-28/h27-28H,2-19H2,1H3. The summed E-state index contributed by atoms with van der Waals surface area (Å²) in [6.45, 7) is 5.92. The fourth-order valence-corrected chi connectivity index (χ4v) is 5.72. The third-order valence-corrected chi connectivity index (χ3v) is 7.63. The number of nitrogens with zero attached hydrogens (tertiary/aromatic N) is 3. The van der Waals surface area contributed by atoms with Crippen LogP contribution in [0.3, 0.4) is 0 Å². The van der Waals surface area contributed by atoms with Gasteiger partial charge in [0.25, 0.3) is 0 Å². The molecule has 0 aliphatic carbocycles. The number of unbranched alkanes of at least 4 members (excludes halogenated alkanes) is 1. The molecule has 0 aliphatic rings. The van der Waals surface area contributed by atoms with Gasteiger partial charge in [0.2, 0.25) is 5.28 Å². The molecule has 0 saturated heterocycles. The Kier molecular flexibility index (Phi) is 20.1. The lowest BCUT2D eigenvalue weighted by Gasteiger charge is -2.17. The summed E-state index contributed by atoms with van der Waals surface area (Å²) < 4.78 is 21.8. The lowest BCUT2D eigenvalue weighted by Crippen LogP contribution is -2.11. The van der Waals surface area contributed by atoms with E-state index < -0.39 is 0 Å². The molecule has 0 spiro atoms. The molecule has 2 N–H and O–H groups in total. The zero-order chi connectivity index (χ0) is 24.0. The fraction of sp³-hybridized carbons (Fsp3) is 0.864. The van der Waals surface area contributed by atoms with Crippen molar-refractivity contribution in [2.45, 2.75) is 45.4 Å². The molecule has 0 aromatic carbocycles. The molecular weight excluding hydrogens is 469 g/mol. The molecular formula is C22H41ClN3O6P. The average Bonchev–Trinajstić information content (AvgIpc) is 2.81. The average molecular weight is 510 g/mol. The monoisotopic (exact) mass is 509 g/mol. The van der Waals surface area contributed by atoms with Gasteiger partial charge in [0.05, 0.1) is 46.2 Å². The second kappa shape index (κ2) is 21.8. The summed E-state index contributed by atoms with van der Waals surface area (Å²) in [5, 5.41) is 17.8. The van der Waals surface area contributed by atoms with Gasteiger partial charge in [0.15, 0.2) is 0 Å². The smallest absolute Gasteiger partial charge is 0.320 e. The van der Waals surface area contributed by atoms with Gasteiger partial charge in [-0.05, 0) is 55.8 Å². The predicted octanol–water partition coefficient (Wildman–Crippen LogP) is 2.93. The van der Waals surface area contributed by atoms with Gasteiger partial charge in [-0.2, -0.15) is 9.97 Å². The summed E-state index contributed by atoms with van der Waals surface area (Å²) in [5.74, 6) is 0.596. The summed E-state index contributed by atoms with van der Waals surface area (Å²) >= 11 is 6.04. The largest absolute Gasteiger partial charge is 0.463 e. The van der Waals surface area contributed by atoms with Gasteiger partial charge in [0.1, 0.15) is 5.82 Å². The highest BCUT2D eigenvalue weighted by atomic mass is 35.5. The van der Waals surface area contributed by atoms with Crippen LogP contribution >= 0.6 is 19.5 Å². The van der Waals surface area contributed by atoms with Crippen LogP contribution in [0.25, 0.3) is 0 Å². The van der Waals surface area contributed by atoms with E-state index in [9.17, 15) is 0 Å². The van der Waals surface area contributed by atoms with E-state index >= 15 is 0 Å². The fourth-order valence-electron chi connectivity index (χ4n) is 2.95. The lowest BCUT2D eigenvalue weighted by atomic mass is 10.3. The topological polar surface area (TPSA) is 116 Å². The number of aliphatic hydroxyl groups is 2. The number of hydrogen-bond donors (Lipinski definition) is 2. The number of halogens is 1. The summed E-state index contributed by atoms with van der Waals surface area (Å²) in [6.07, 6.45) is 9.20. The minimum absolute atomic E-state index is 0.0233. The van der Waals surface area contributed by atoms with Crippen molar-refractivity contribution in [1.82, 2.24) is 15.0 Å². The molecule has 0 saturated carbocycles. The van der Waals surface area contributed by atoms with E-state index in [1.54, 1.807) is 0 Å². The number of ether oxygens (including phenoxy) is 4. The highest BCUT2D eigenvalue weighted by molar-refractivity contribution is 7.57. The third-order valence-electron chi connectivity index (χ3n) is 4.61. The maximum Gasteiger partial charge on any atom is 0.320 e. The zero-order valence-electron chi connectivity index (χ0n) is 19.9.